The van der Waals surface area contributed by atoms with Crippen LogP contribution in [-0.4, -0.2) is 31.2 Å². The number of carboxylic acid groups (broad SMARTS) is 1. The van der Waals surface area contributed by atoms with Crippen LogP contribution in [0.15, 0.2) is 42.5 Å². The van der Waals surface area contributed by atoms with E-state index in [0.29, 0.717) is 30.9 Å². The van der Waals surface area contributed by atoms with Gasteiger partial charge in [0.15, 0.2) is 11.5 Å². The molecule has 0 aliphatic carbocycles. The summed E-state index contributed by atoms with van der Waals surface area (Å²) in [7, 11) is 3.14. The third-order valence-corrected chi connectivity index (χ3v) is 3.78. The van der Waals surface area contributed by atoms with Crippen LogP contribution in [0.25, 0.3) is 0 Å². The first-order valence-corrected chi connectivity index (χ1v) is 7.83. The molecule has 2 aromatic carbocycles. The summed E-state index contributed by atoms with van der Waals surface area (Å²) in [6.45, 7) is 0.400. The zero-order valence-corrected chi connectivity index (χ0v) is 14.2. The molecule has 0 aliphatic rings. The molecule has 1 amide bonds. The molecule has 25 heavy (non-hydrogen) atoms. The van der Waals surface area contributed by atoms with Crippen LogP contribution in [0.5, 0.6) is 11.5 Å². The fourth-order valence-electron chi connectivity index (χ4n) is 2.35. The molecule has 0 fully saturated rings. The fourth-order valence-corrected chi connectivity index (χ4v) is 2.35. The van der Waals surface area contributed by atoms with Crippen LogP contribution in [-0.2, 0) is 17.8 Å². The van der Waals surface area contributed by atoms with Crippen molar-refractivity contribution < 1.29 is 24.2 Å². The van der Waals surface area contributed by atoms with Gasteiger partial charge in [0.2, 0.25) is 5.91 Å². The van der Waals surface area contributed by atoms with E-state index in [1.54, 1.807) is 44.6 Å². The van der Waals surface area contributed by atoms with Crippen molar-refractivity contribution in [1.82, 2.24) is 5.32 Å². The first-order chi connectivity index (χ1) is 12.0. The lowest BCUT2D eigenvalue weighted by Gasteiger charge is -2.10. The lowest BCUT2D eigenvalue weighted by Crippen LogP contribution is -2.23. The highest BCUT2D eigenvalue weighted by atomic mass is 16.5. The van der Waals surface area contributed by atoms with Crippen molar-refractivity contribution in [2.24, 2.45) is 0 Å². The van der Waals surface area contributed by atoms with Crippen LogP contribution >= 0.6 is 0 Å². The minimum Gasteiger partial charge on any atom is -0.493 e. The van der Waals surface area contributed by atoms with Gasteiger partial charge in [0, 0.05) is 13.0 Å². The van der Waals surface area contributed by atoms with E-state index in [2.05, 4.69) is 5.32 Å². The maximum absolute atomic E-state index is 12.0. The predicted octanol–water partition coefficient (Wildman–Crippen LogP) is 2.65. The zero-order chi connectivity index (χ0) is 18.2. The smallest absolute Gasteiger partial charge is 0.335 e. The van der Waals surface area contributed by atoms with Crippen molar-refractivity contribution in [2.75, 3.05) is 14.2 Å². The second-order valence-corrected chi connectivity index (χ2v) is 5.47. The summed E-state index contributed by atoms with van der Waals surface area (Å²) in [5, 5.41) is 11.7. The normalized spacial score (nSPS) is 10.2. The number of carboxylic acids is 1. The molecular formula is C19H21NO5. The molecule has 2 aromatic rings. The Morgan fingerprint density at radius 3 is 2.20 bits per heavy atom. The molecular weight excluding hydrogens is 322 g/mol. The van der Waals surface area contributed by atoms with Gasteiger partial charge in [-0.15, -0.1) is 0 Å². The quantitative estimate of drug-likeness (QED) is 0.770. The van der Waals surface area contributed by atoms with Crippen molar-refractivity contribution in [3.05, 3.63) is 59.2 Å². The number of ether oxygens (including phenoxy) is 2. The summed E-state index contributed by atoms with van der Waals surface area (Å²) >= 11 is 0. The number of carbonyl (C=O) groups excluding carboxylic acids is 1. The van der Waals surface area contributed by atoms with Crippen LogP contribution in [0, 0.1) is 0 Å². The molecule has 0 bridgehead atoms. The van der Waals surface area contributed by atoms with Gasteiger partial charge in [-0.2, -0.15) is 0 Å². The topological polar surface area (TPSA) is 84.9 Å². The van der Waals surface area contributed by atoms with E-state index in [0.717, 1.165) is 11.1 Å². The van der Waals surface area contributed by atoms with Gasteiger partial charge in [-0.3, -0.25) is 4.79 Å². The third-order valence-electron chi connectivity index (χ3n) is 3.78. The summed E-state index contributed by atoms with van der Waals surface area (Å²) in [5.41, 5.74) is 2.07. The summed E-state index contributed by atoms with van der Waals surface area (Å²) in [4.78, 5) is 22.8. The fraction of sp³-hybridized carbons (Fsp3) is 0.263. The monoisotopic (exact) mass is 343 g/mol. The van der Waals surface area contributed by atoms with Crippen LogP contribution in [0.3, 0.4) is 0 Å². The molecule has 0 radical (unpaired) electrons. The number of hydrogen-bond donors (Lipinski definition) is 2. The second kappa shape index (κ2) is 8.73. The van der Waals surface area contributed by atoms with Gasteiger partial charge in [0.05, 0.1) is 19.8 Å². The summed E-state index contributed by atoms with van der Waals surface area (Å²) in [6, 6.07) is 12.0. The van der Waals surface area contributed by atoms with Gasteiger partial charge in [0.1, 0.15) is 0 Å². The third kappa shape index (κ3) is 5.24. The summed E-state index contributed by atoms with van der Waals surface area (Å²) < 4.78 is 10.4. The van der Waals surface area contributed by atoms with Crippen molar-refractivity contribution in [2.45, 2.75) is 19.4 Å². The SMILES string of the molecule is COc1ccc(CNC(=O)CCc2ccc(C(=O)O)cc2)cc1OC. The summed E-state index contributed by atoms with van der Waals surface area (Å²) in [6.07, 6.45) is 0.886. The minimum absolute atomic E-state index is 0.0721. The number of aromatic carboxylic acids is 1. The van der Waals surface area contributed by atoms with Crippen LogP contribution in [0.1, 0.15) is 27.9 Å². The van der Waals surface area contributed by atoms with E-state index < -0.39 is 5.97 Å². The van der Waals surface area contributed by atoms with E-state index in [1.807, 2.05) is 12.1 Å². The predicted molar refractivity (Wildman–Crippen MR) is 93.1 cm³/mol. The Morgan fingerprint density at radius 1 is 0.960 bits per heavy atom. The Morgan fingerprint density at radius 2 is 1.60 bits per heavy atom. The second-order valence-electron chi connectivity index (χ2n) is 5.47. The highest BCUT2D eigenvalue weighted by molar-refractivity contribution is 5.87. The van der Waals surface area contributed by atoms with Gasteiger partial charge in [-0.05, 0) is 41.8 Å². The number of benzene rings is 2. The highest BCUT2D eigenvalue weighted by Crippen LogP contribution is 2.27. The first-order valence-electron chi connectivity index (χ1n) is 7.83. The molecule has 6 heteroatoms. The molecule has 0 saturated carbocycles. The van der Waals surface area contributed by atoms with Gasteiger partial charge >= 0.3 is 5.97 Å². The Bertz CT molecular complexity index is 740. The molecule has 6 nitrogen and oxygen atoms in total. The molecule has 132 valence electrons. The maximum atomic E-state index is 12.0. The van der Waals surface area contributed by atoms with Crippen molar-refractivity contribution in [1.29, 1.82) is 0 Å². The molecule has 2 N–H and O–H groups in total. The van der Waals surface area contributed by atoms with Gasteiger partial charge in [0.25, 0.3) is 0 Å². The first kappa shape index (κ1) is 18.3. The molecule has 0 unspecified atom stereocenters. The molecule has 0 spiro atoms. The average molecular weight is 343 g/mol. The number of amides is 1. The van der Waals surface area contributed by atoms with E-state index in [4.69, 9.17) is 14.6 Å². The van der Waals surface area contributed by atoms with Gasteiger partial charge in [-0.1, -0.05) is 18.2 Å². The van der Waals surface area contributed by atoms with Crippen molar-refractivity contribution in [3.8, 4) is 11.5 Å². The molecule has 0 atom stereocenters. The Kier molecular flexibility index (Phi) is 6.39. The lowest BCUT2D eigenvalue weighted by atomic mass is 10.1. The molecule has 0 saturated heterocycles. The number of carbonyl (C=O) groups is 2. The highest BCUT2D eigenvalue weighted by Gasteiger charge is 2.07. The van der Waals surface area contributed by atoms with Crippen molar-refractivity contribution in [3.63, 3.8) is 0 Å². The number of rotatable bonds is 8. The molecule has 0 aliphatic heterocycles. The molecule has 0 aromatic heterocycles. The molecule has 2 rings (SSSR count). The average Bonchev–Trinajstić information content (AvgIpc) is 2.64. The van der Waals surface area contributed by atoms with E-state index >= 15 is 0 Å². The minimum atomic E-state index is -0.959. The largest absolute Gasteiger partial charge is 0.493 e. The van der Waals surface area contributed by atoms with E-state index in [9.17, 15) is 9.59 Å². The van der Waals surface area contributed by atoms with E-state index in [1.165, 1.54) is 0 Å². The Hall–Kier alpha value is -3.02. The lowest BCUT2D eigenvalue weighted by molar-refractivity contribution is -0.121. The number of nitrogens with one attached hydrogen (secondary N) is 1. The number of methoxy groups -OCH3 is 2. The standard InChI is InChI=1S/C19H21NO5/c1-24-16-9-5-14(11-17(16)25-2)12-20-18(21)10-6-13-3-7-15(8-4-13)19(22)23/h3-5,7-9,11H,6,10,12H2,1-2H3,(H,20,21)(H,22,23). The Labute approximate surface area is 146 Å². The van der Waals surface area contributed by atoms with E-state index in [-0.39, 0.29) is 11.5 Å². The zero-order valence-electron chi connectivity index (χ0n) is 14.2. The summed E-state index contributed by atoms with van der Waals surface area (Å²) in [5.74, 6) is 0.228. The number of aryl methyl sites for hydroxylation is 1. The maximum Gasteiger partial charge on any atom is 0.335 e. The Balaban J connectivity index is 1.83. The van der Waals surface area contributed by atoms with Crippen LogP contribution in [0.2, 0.25) is 0 Å². The van der Waals surface area contributed by atoms with Crippen LogP contribution in [0.4, 0.5) is 0 Å². The number of hydrogen-bond acceptors (Lipinski definition) is 4. The van der Waals surface area contributed by atoms with Crippen LogP contribution < -0.4 is 14.8 Å². The van der Waals surface area contributed by atoms with Gasteiger partial charge < -0.3 is 19.9 Å². The molecule has 0 heterocycles. The van der Waals surface area contributed by atoms with Crippen molar-refractivity contribution >= 4 is 11.9 Å². The van der Waals surface area contributed by atoms with Gasteiger partial charge in [-0.25, -0.2) is 4.79 Å².